The molecular formula is C14H13Cl2NO2. The van der Waals surface area contributed by atoms with Gasteiger partial charge < -0.3 is 9.84 Å². The monoisotopic (exact) mass is 297 g/mol. The summed E-state index contributed by atoms with van der Waals surface area (Å²) in [4.78, 5) is 4.07. The Bertz CT molecular complexity index is 575. The van der Waals surface area contributed by atoms with Crippen molar-refractivity contribution in [2.24, 2.45) is 0 Å². The van der Waals surface area contributed by atoms with Crippen LogP contribution in [0.4, 0.5) is 0 Å². The number of para-hydroxylation sites is 1. The Morgan fingerprint density at radius 3 is 2.74 bits per heavy atom. The molecule has 19 heavy (non-hydrogen) atoms. The highest BCUT2D eigenvalue weighted by molar-refractivity contribution is 6.34. The average Bonchev–Trinajstić information content (AvgIpc) is 2.39. The van der Waals surface area contributed by atoms with Crippen molar-refractivity contribution in [1.82, 2.24) is 4.98 Å². The third-order valence-corrected chi connectivity index (χ3v) is 3.27. The molecule has 100 valence electrons. The van der Waals surface area contributed by atoms with Crippen LogP contribution in [0.25, 0.3) is 0 Å². The Balaban J connectivity index is 2.23. The summed E-state index contributed by atoms with van der Waals surface area (Å²) in [5, 5.41) is 11.0. The van der Waals surface area contributed by atoms with Gasteiger partial charge in [0.1, 0.15) is 11.9 Å². The smallest absolute Gasteiger partial charge is 0.122 e. The van der Waals surface area contributed by atoms with Crippen molar-refractivity contribution in [2.75, 3.05) is 7.11 Å². The minimum atomic E-state index is -0.805. The summed E-state index contributed by atoms with van der Waals surface area (Å²) in [5.41, 5.74) is 1.31. The van der Waals surface area contributed by atoms with E-state index in [0.29, 0.717) is 22.2 Å². The Kier molecular flexibility index (Phi) is 4.64. The predicted molar refractivity (Wildman–Crippen MR) is 75.9 cm³/mol. The highest BCUT2D eigenvalue weighted by Gasteiger charge is 2.16. The van der Waals surface area contributed by atoms with Crippen LogP contribution in [0.1, 0.15) is 17.4 Å². The zero-order valence-electron chi connectivity index (χ0n) is 10.3. The molecule has 0 aliphatic carbocycles. The molecule has 1 aromatic heterocycles. The number of pyridine rings is 1. The molecule has 0 aliphatic rings. The summed E-state index contributed by atoms with van der Waals surface area (Å²) in [7, 11) is 1.60. The first-order valence-corrected chi connectivity index (χ1v) is 6.48. The predicted octanol–water partition coefficient (Wildman–Crippen LogP) is 3.67. The van der Waals surface area contributed by atoms with Crippen LogP contribution in [-0.4, -0.2) is 17.2 Å². The molecule has 3 nitrogen and oxygen atoms in total. The summed E-state index contributed by atoms with van der Waals surface area (Å²) in [6, 6.07) is 9.07. The zero-order chi connectivity index (χ0) is 13.8. The van der Waals surface area contributed by atoms with Gasteiger partial charge in [-0.25, -0.2) is 0 Å². The van der Waals surface area contributed by atoms with Gasteiger partial charge in [0.2, 0.25) is 0 Å². The van der Waals surface area contributed by atoms with Crippen LogP contribution >= 0.6 is 23.2 Å². The zero-order valence-corrected chi connectivity index (χ0v) is 11.8. The number of ether oxygens (including phenoxy) is 1. The van der Waals surface area contributed by atoms with Gasteiger partial charge in [0.15, 0.2) is 0 Å². The van der Waals surface area contributed by atoms with E-state index in [1.807, 2.05) is 24.3 Å². The number of rotatable bonds is 4. The molecule has 0 radical (unpaired) electrons. The normalized spacial score (nSPS) is 12.2. The van der Waals surface area contributed by atoms with E-state index in [1.165, 1.54) is 6.20 Å². The number of hydrogen-bond acceptors (Lipinski definition) is 3. The third kappa shape index (κ3) is 3.38. The number of aromatic nitrogens is 1. The lowest BCUT2D eigenvalue weighted by atomic mass is 10.0. The Labute approximate surface area is 121 Å². The van der Waals surface area contributed by atoms with Gasteiger partial charge in [-0.3, -0.25) is 4.98 Å². The van der Waals surface area contributed by atoms with E-state index in [4.69, 9.17) is 27.9 Å². The first-order valence-electron chi connectivity index (χ1n) is 5.72. The number of halogens is 2. The van der Waals surface area contributed by atoms with Crippen LogP contribution < -0.4 is 4.74 Å². The van der Waals surface area contributed by atoms with Gasteiger partial charge in [0.05, 0.1) is 22.8 Å². The van der Waals surface area contributed by atoms with E-state index in [9.17, 15) is 5.11 Å². The lowest BCUT2D eigenvalue weighted by Gasteiger charge is -2.14. The average molecular weight is 298 g/mol. The molecule has 1 N–H and O–H groups in total. The van der Waals surface area contributed by atoms with E-state index in [-0.39, 0.29) is 0 Å². The van der Waals surface area contributed by atoms with E-state index >= 15 is 0 Å². The second kappa shape index (κ2) is 6.24. The van der Waals surface area contributed by atoms with Crippen LogP contribution in [0.15, 0.2) is 36.5 Å². The number of benzene rings is 1. The molecular weight excluding hydrogens is 285 g/mol. The van der Waals surface area contributed by atoms with Crippen LogP contribution in [-0.2, 0) is 6.42 Å². The van der Waals surface area contributed by atoms with Crippen molar-refractivity contribution in [3.8, 4) is 5.75 Å². The molecule has 2 aromatic rings. The summed E-state index contributed by atoms with van der Waals surface area (Å²) in [5.74, 6) is 0.728. The first-order chi connectivity index (χ1) is 9.11. The van der Waals surface area contributed by atoms with Gasteiger partial charge in [0.25, 0.3) is 0 Å². The van der Waals surface area contributed by atoms with Gasteiger partial charge in [-0.1, -0.05) is 41.4 Å². The molecule has 1 unspecified atom stereocenters. The minimum Gasteiger partial charge on any atom is -0.496 e. The van der Waals surface area contributed by atoms with E-state index in [0.717, 1.165) is 11.3 Å². The van der Waals surface area contributed by atoms with E-state index < -0.39 is 6.10 Å². The maximum absolute atomic E-state index is 10.2. The number of hydrogen-bond donors (Lipinski definition) is 1. The van der Waals surface area contributed by atoms with Gasteiger partial charge >= 0.3 is 0 Å². The van der Waals surface area contributed by atoms with Crippen molar-refractivity contribution in [2.45, 2.75) is 12.5 Å². The Hall–Kier alpha value is -1.29. The Morgan fingerprint density at radius 1 is 1.32 bits per heavy atom. The maximum Gasteiger partial charge on any atom is 0.122 e. The number of nitrogens with zero attached hydrogens (tertiary/aromatic N) is 1. The van der Waals surface area contributed by atoms with Gasteiger partial charge in [-0.05, 0) is 17.7 Å². The SMILES string of the molecule is COc1ccccc1CC(O)c1ncc(Cl)cc1Cl. The third-order valence-electron chi connectivity index (χ3n) is 2.76. The van der Waals surface area contributed by atoms with Crippen molar-refractivity contribution >= 4 is 23.2 Å². The molecule has 0 spiro atoms. The van der Waals surface area contributed by atoms with Crippen LogP contribution in [0.2, 0.25) is 10.0 Å². The van der Waals surface area contributed by atoms with Crippen LogP contribution in [0.5, 0.6) is 5.75 Å². The lowest BCUT2D eigenvalue weighted by Crippen LogP contribution is -2.06. The minimum absolute atomic E-state index is 0.356. The molecule has 0 saturated carbocycles. The number of aliphatic hydroxyl groups is 1. The second-order valence-electron chi connectivity index (χ2n) is 4.05. The first kappa shape index (κ1) is 14.1. The van der Waals surface area contributed by atoms with Crippen molar-refractivity contribution in [3.63, 3.8) is 0 Å². The highest BCUT2D eigenvalue weighted by atomic mass is 35.5. The van der Waals surface area contributed by atoms with E-state index in [2.05, 4.69) is 4.98 Å². The molecule has 1 heterocycles. The molecule has 1 aromatic carbocycles. The molecule has 0 bridgehead atoms. The standard InChI is InChI=1S/C14H13Cl2NO2/c1-19-13-5-3-2-4-9(13)6-12(18)14-11(16)7-10(15)8-17-14/h2-5,7-8,12,18H,6H2,1H3. The topological polar surface area (TPSA) is 42.4 Å². The molecule has 0 aliphatic heterocycles. The van der Waals surface area contributed by atoms with E-state index in [1.54, 1.807) is 13.2 Å². The molecule has 0 fully saturated rings. The second-order valence-corrected chi connectivity index (χ2v) is 4.90. The van der Waals surface area contributed by atoms with Crippen LogP contribution in [0, 0.1) is 0 Å². The number of aliphatic hydroxyl groups excluding tert-OH is 1. The quantitative estimate of drug-likeness (QED) is 0.936. The summed E-state index contributed by atoms with van der Waals surface area (Å²) in [6.45, 7) is 0. The fourth-order valence-corrected chi connectivity index (χ4v) is 2.35. The summed E-state index contributed by atoms with van der Waals surface area (Å²) >= 11 is 11.8. The molecule has 0 amide bonds. The summed E-state index contributed by atoms with van der Waals surface area (Å²) < 4.78 is 5.25. The molecule has 0 saturated heterocycles. The van der Waals surface area contributed by atoms with Crippen molar-refractivity contribution < 1.29 is 9.84 Å². The largest absolute Gasteiger partial charge is 0.496 e. The summed E-state index contributed by atoms with van der Waals surface area (Å²) in [6.07, 6.45) is 1.04. The van der Waals surface area contributed by atoms with Gasteiger partial charge in [-0.2, -0.15) is 0 Å². The number of methoxy groups -OCH3 is 1. The molecule has 2 rings (SSSR count). The molecule has 5 heteroatoms. The van der Waals surface area contributed by atoms with Crippen LogP contribution in [0.3, 0.4) is 0 Å². The van der Waals surface area contributed by atoms with Crippen molar-refractivity contribution in [1.29, 1.82) is 0 Å². The Morgan fingerprint density at radius 2 is 2.05 bits per heavy atom. The van der Waals surface area contributed by atoms with Gasteiger partial charge in [0, 0.05) is 12.6 Å². The lowest BCUT2D eigenvalue weighted by molar-refractivity contribution is 0.172. The molecule has 1 atom stereocenters. The maximum atomic E-state index is 10.2. The van der Waals surface area contributed by atoms with Gasteiger partial charge in [-0.15, -0.1) is 0 Å². The fourth-order valence-electron chi connectivity index (χ4n) is 1.85. The van der Waals surface area contributed by atoms with Crippen molar-refractivity contribution in [3.05, 3.63) is 57.8 Å². The highest BCUT2D eigenvalue weighted by Crippen LogP contribution is 2.28. The fraction of sp³-hybridized carbons (Fsp3) is 0.214.